The summed E-state index contributed by atoms with van der Waals surface area (Å²) in [5.41, 5.74) is 1.61. The van der Waals surface area contributed by atoms with E-state index < -0.39 is 27.0 Å². The summed E-state index contributed by atoms with van der Waals surface area (Å²) < 4.78 is 57.2. The van der Waals surface area contributed by atoms with Crippen LogP contribution in [0.3, 0.4) is 0 Å². The van der Waals surface area contributed by atoms with Crippen LogP contribution in [0, 0.1) is 17.3 Å². The zero-order valence-electron chi connectivity index (χ0n) is 35.5. The third-order valence-corrected chi connectivity index (χ3v) is 22.9. The first kappa shape index (κ1) is 48.6. The fourth-order valence-corrected chi connectivity index (χ4v) is 17.4. The minimum atomic E-state index is -3.02. The Morgan fingerprint density at radius 3 is 1.82 bits per heavy atom. The number of rotatable bonds is 10. The molecule has 0 spiro atoms. The molecule has 3 aliphatic heterocycles. The van der Waals surface area contributed by atoms with E-state index >= 15 is 0 Å². The van der Waals surface area contributed by atoms with E-state index in [1.807, 2.05) is 34.8 Å². The van der Waals surface area contributed by atoms with Gasteiger partial charge in [-0.05, 0) is 110 Å². The molecule has 2 bridgehead atoms. The van der Waals surface area contributed by atoms with Crippen LogP contribution >= 0.6 is 18.6 Å². The molecule has 57 heavy (non-hydrogen) atoms. The molecule has 4 heterocycles. The fraction of sp³-hybridized carbons (Fsp3) is 0.750. The van der Waals surface area contributed by atoms with Gasteiger partial charge in [0.1, 0.15) is 0 Å². The molecular formula is C44H76N3O6PS3. The molecule has 2 atom stereocenters. The summed E-state index contributed by atoms with van der Waals surface area (Å²) in [5.74, 6) is 6.17. The fourth-order valence-electron chi connectivity index (χ4n) is 9.07. The molecule has 8 rings (SSSR count). The van der Waals surface area contributed by atoms with Crippen LogP contribution in [0.4, 0.5) is 0 Å². The lowest BCUT2D eigenvalue weighted by atomic mass is 9.40. The van der Waals surface area contributed by atoms with Crippen molar-refractivity contribution < 1.29 is 27.4 Å². The van der Waals surface area contributed by atoms with Gasteiger partial charge in [0.15, 0.2) is 7.29 Å². The summed E-state index contributed by atoms with van der Waals surface area (Å²) in [6.07, 6.45) is 7.86. The van der Waals surface area contributed by atoms with Crippen molar-refractivity contribution in [1.82, 2.24) is 13.3 Å². The van der Waals surface area contributed by atoms with Gasteiger partial charge in [-0.3, -0.25) is 0 Å². The molecule has 326 valence electrons. The lowest BCUT2D eigenvalue weighted by Gasteiger charge is -2.72. The number of aliphatic hydroxyl groups excluding tert-OH is 2. The highest BCUT2D eigenvalue weighted by Crippen LogP contribution is 2.74. The Hall–Kier alpha value is -1.08. The molecule has 13 heteroatoms. The maximum Gasteiger partial charge on any atom is 0.219 e. The van der Waals surface area contributed by atoms with Gasteiger partial charge in [-0.25, -0.2) is 25.9 Å². The van der Waals surface area contributed by atoms with Gasteiger partial charge in [0.25, 0.3) is 0 Å². The van der Waals surface area contributed by atoms with Crippen LogP contribution in [0.5, 0.6) is 0 Å². The molecule has 1 aromatic carbocycles. The summed E-state index contributed by atoms with van der Waals surface area (Å²) >= 11 is 1.65. The number of thiophene rings is 1. The van der Waals surface area contributed by atoms with Gasteiger partial charge in [-0.2, -0.15) is 0 Å². The summed E-state index contributed by atoms with van der Waals surface area (Å²) in [6, 6.07) is 10.3. The minimum absolute atomic E-state index is 0. The van der Waals surface area contributed by atoms with Crippen molar-refractivity contribution in [3.05, 3.63) is 46.2 Å². The van der Waals surface area contributed by atoms with Crippen molar-refractivity contribution in [3.8, 4) is 0 Å². The zero-order chi connectivity index (χ0) is 41.3. The molecule has 0 radical (unpaired) electrons. The van der Waals surface area contributed by atoms with Crippen LogP contribution in [-0.2, 0) is 24.3 Å². The second-order valence-electron chi connectivity index (χ2n) is 18.4. The molecule has 1 aromatic heterocycles. The van der Waals surface area contributed by atoms with E-state index in [1.54, 1.807) is 15.6 Å². The van der Waals surface area contributed by atoms with Crippen LogP contribution < -0.4 is 5.30 Å². The average molecular weight is 870 g/mol. The van der Waals surface area contributed by atoms with Crippen molar-refractivity contribution in [2.45, 2.75) is 154 Å². The van der Waals surface area contributed by atoms with Crippen LogP contribution in [0.15, 0.2) is 40.6 Å². The predicted molar refractivity (Wildman–Crippen MR) is 243 cm³/mol. The van der Waals surface area contributed by atoms with Crippen molar-refractivity contribution in [3.63, 3.8) is 0 Å². The minimum Gasteiger partial charge on any atom is -0.393 e. The largest absolute Gasteiger partial charge is 0.393 e. The third kappa shape index (κ3) is 10.3. The molecule has 2 N–H and O–H groups in total. The van der Waals surface area contributed by atoms with Crippen molar-refractivity contribution in [2.24, 2.45) is 17.3 Å². The maximum absolute atomic E-state index is 13.5. The van der Waals surface area contributed by atoms with Crippen LogP contribution in [0.25, 0.3) is 0 Å². The van der Waals surface area contributed by atoms with Crippen LogP contribution in [-0.4, -0.2) is 104 Å². The number of aliphatic hydroxyl groups is 2. The topological polar surface area (TPSA) is 118 Å². The highest BCUT2D eigenvalue weighted by Gasteiger charge is 2.75. The maximum atomic E-state index is 13.5. The predicted octanol–water partition coefficient (Wildman–Crippen LogP) is 8.77. The molecule has 2 unspecified atom stereocenters. The molecule has 3 saturated heterocycles. The standard InChI is InChI=1S/C16H26NO2P.C14H25NO2S.C13H21NO2S2.CH4/c1-4-20(19,17-10-8-15(18)9-11-17)16-7-5-6-14(12-16)13(2)3;1-11(2)13-8-14(9-13,10-13)18(16,17)15-6-4-12(3)5-7-15;1-10(2)13-8-12(9-17-13)18(3,16)14-6-4-11(15)5-7-14;/h5-7,12-13,15,18H,4,8-11H2,1-3H3;11-12H,4-10H2,1-3H3;8-11,15H,3-7H2,1-2H3;1H4. The number of hydrogen-bond donors (Lipinski definition) is 2. The van der Waals surface area contributed by atoms with Crippen LogP contribution in [0.1, 0.15) is 143 Å². The Balaban J connectivity index is 0.000000188. The second-order valence-corrected chi connectivity index (χ2v) is 27.1. The number of piperidine rings is 3. The smallest absolute Gasteiger partial charge is 0.219 e. The Bertz CT molecular complexity index is 1850. The SMILES string of the molecule is C.C=S(=O)(c1csc(C(C)C)c1)N1CCC(O)CC1.CC1CCN(S(=O)(=O)C23CC(C(C)C)(C2)C3)CC1.CCP(=O)(c1cccc(C(C)C)c1)N1CCC(O)CC1. The Labute approximate surface area is 351 Å². The van der Waals surface area contributed by atoms with Gasteiger partial charge in [0.2, 0.25) is 10.0 Å². The van der Waals surface area contributed by atoms with Crippen molar-refractivity contribution in [1.29, 1.82) is 0 Å². The van der Waals surface area contributed by atoms with E-state index in [0.29, 0.717) is 61.2 Å². The Morgan fingerprint density at radius 2 is 1.35 bits per heavy atom. The van der Waals surface area contributed by atoms with E-state index in [-0.39, 0.29) is 24.4 Å². The quantitative estimate of drug-likeness (QED) is 0.181. The van der Waals surface area contributed by atoms with Gasteiger partial charge in [-0.15, -0.1) is 11.3 Å². The van der Waals surface area contributed by atoms with E-state index in [2.05, 4.69) is 71.1 Å². The van der Waals surface area contributed by atoms with Crippen molar-refractivity contribution >= 4 is 49.5 Å². The molecule has 3 aliphatic carbocycles. The Morgan fingerprint density at radius 1 is 0.825 bits per heavy atom. The Kier molecular flexibility index (Phi) is 16.5. The molecule has 6 aliphatic rings. The van der Waals surface area contributed by atoms with E-state index in [4.69, 9.17) is 0 Å². The number of hydrogen-bond acceptors (Lipinski definition) is 7. The van der Waals surface area contributed by atoms with Gasteiger partial charge >= 0.3 is 0 Å². The summed E-state index contributed by atoms with van der Waals surface area (Å²) in [5, 5.41) is 22.1. The molecule has 6 fully saturated rings. The van der Waals surface area contributed by atoms with Gasteiger partial charge < -0.3 is 14.8 Å². The van der Waals surface area contributed by atoms with Crippen LogP contribution in [0.2, 0.25) is 0 Å². The molecule has 3 saturated carbocycles. The third-order valence-electron chi connectivity index (χ3n) is 13.5. The van der Waals surface area contributed by atoms with E-state index in [9.17, 15) is 27.4 Å². The molecular weight excluding hydrogens is 794 g/mol. The highest BCUT2D eigenvalue weighted by atomic mass is 32.2. The van der Waals surface area contributed by atoms with E-state index in [1.165, 1.54) is 10.4 Å². The normalized spacial score (nSPS) is 27.5. The number of benzene rings is 1. The first-order valence-corrected chi connectivity index (χ1v) is 27.1. The molecule has 0 amide bonds. The highest BCUT2D eigenvalue weighted by molar-refractivity contribution is 7.98. The molecule has 2 aromatic rings. The monoisotopic (exact) mass is 869 g/mol. The van der Waals surface area contributed by atoms with Gasteiger partial charge in [0.05, 0.1) is 31.6 Å². The number of nitrogens with zero attached hydrogens (tertiary/aromatic N) is 3. The summed E-state index contributed by atoms with van der Waals surface area (Å²) in [4.78, 5) is 2.09. The lowest BCUT2D eigenvalue weighted by Crippen LogP contribution is -2.74. The molecule has 9 nitrogen and oxygen atoms in total. The first-order chi connectivity index (χ1) is 26.2. The van der Waals surface area contributed by atoms with Gasteiger partial charge in [-0.1, -0.05) is 81.0 Å². The zero-order valence-corrected chi connectivity index (χ0v) is 38.8. The summed E-state index contributed by atoms with van der Waals surface area (Å²) in [6.45, 7) is 21.6. The number of sulfonamides is 1. The van der Waals surface area contributed by atoms with E-state index in [0.717, 1.165) is 81.3 Å². The summed E-state index contributed by atoms with van der Waals surface area (Å²) in [7, 11) is -7.89. The van der Waals surface area contributed by atoms with Gasteiger partial charge in [0, 0.05) is 61.0 Å². The van der Waals surface area contributed by atoms with Crippen molar-refractivity contribution in [2.75, 3.05) is 45.4 Å². The second kappa shape index (κ2) is 19.3. The first-order valence-electron chi connectivity index (χ1n) is 21.2. The lowest BCUT2D eigenvalue weighted by molar-refractivity contribution is -0.121. The average Bonchev–Trinajstić information content (AvgIpc) is 3.63.